The molecule has 0 radical (unpaired) electrons. The molecule has 5 nitrogen and oxygen atoms in total. The summed E-state index contributed by atoms with van der Waals surface area (Å²) in [6, 6.07) is 9.96. The molecule has 5 heteroatoms. The maximum atomic E-state index is 12.3. The second-order valence-corrected chi connectivity index (χ2v) is 4.61. The van der Waals surface area contributed by atoms with Crippen molar-refractivity contribution < 1.29 is 14.6 Å². The Morgan fingerprint density at radius 1 is 1.29 bits per heavy atom. The number of benzene rings is 2. The number of aryl methyl sites for hydroxylation is 1. The van der Waals surface area contributed by atoms with Gasteiger partial charge in [0.25, 0.3) is 5.91 Å². The van der Waals surface area contributed by atoms with Gasteiger partial charge in [-0.25, -0.2) is 0 Å². The largest absolute Gasteiger partial charge is 0.506 e. The first kappa shape index (κ1) is 14.7. The first-order valence-corrected chi connectivity index (χ1v) is 6.62. The van der Waals surface area contributed by atoms with E-state index >= 15 is 0 Å². The van der Waals surface area contributed by atoms with Crippen molar-refractivity contribution in [3.05, 3.63) is 47.5 Å². The molecule has 0 saturated carbocycles. The molecule has 2 aromatic carbocycles. The van der Waals surface area contributed by atoms with Gasteiger partial charge >= 0.3 is 0 Å². The third-order valence-corrected chi connectivity index (χ3v) is 3.22. The standard InChI is InChI=1S/C16H18N2O3/c1-3-10-4-7-15(19)14(8-10)18-16(20)12-9-11(21-2)5-6-13(12)17/h4-9,19H,3,17H2,1-2H3,(H,18,20). The molecule has 0 aliphatic heterocycles. The Bertz CT molecular complexity index is 669. The van der Waals surface area contributed by atoms with Crippen molar-refractivity contribution in [3.63, 3.8) is 0 Å². The number of phenols is 1. The molecular formula is C16H18N2O3. The lowest BCUT2D eigenvalue weighted by Crippen LogP contribution is -2.14. The summed E-state index contributed by atoms with van der Waals surface area (Å²) in [6.45, 7) is 2.00. The van der Waals surface area contributed by atoms with Crippen molar-refractivity contribution in [1.82, 2.24) is 0 Å². The van der Waals surface area contributed by atoms with Gasteiger partial charge in [-0.2, -0.15) is 0 Å². The van der Waals surface area contributed by atoms with Crippen molar-refractivity contribution in [1.29, 1.82) is 0 Å². The van der Waals surface area contributed by atoms with E-state index in [2.05, 4.69) is 5.32 Å². The van der Waals surface area contributed by atoms with E-state index in [1.54, 1.807) is 30.3 Å². The lowest BCUT2D eigenvalue weighted by Gasteiger charge is -2.11. The number of carbonyl (C=O) groups excluding carboxylic acids is 1. The molecule has 0 aliphatic carbocycles. The van der Waals surface area contributed by atoms with E-state index in [-0.39, 0.29) is 5.75 Å². The van der Waals surface area contributed by atoms with Crippen LogP contribution in [0.1, 0.15) is 22.8 Å². The number of carbonyl (C=O) groups is 1. The van der Waals surface area contributed by atoms with E-state index in [1.165, 1.54) is 7.11 Å². The lowest BCUT2D eigenvalue weighted by molar-refractivity contribution is 0.102. The minimum absolute atomic E-state index is 0.0158. The number of hydrogen-bond donors (Lipinski definition) is 3. The highest BCUT2D eigenvalue weighted by Gasteiger charge is 2.13. The number of hydrogen-bond acceptors (Lipinski definition) is 4. The van der Waals surface area contributed by atoms with Gasteiger partial charge in [0.05, 0.1) is 18.4 Å². The van der Waals surface area contributed by atoms with Crippen LogP contribution in [-0.2, 0) is 6.42 Å². The smallest absolute Gasteiger partial charge is 0.257 e. The van der Waals surface area contributed by atoms with Crippen LogP contribution in [0.4, 0.5) is 11.4 Å². The SMILES string of the molecule is CCc1ccc(O)c(NC(=O)c2cc(OC)ccc2N)c1. The first-order valence-electron chi connectivity index (χ1n) is 6.62. The van der Waals surface area contributed by atoms with Crippen LogP contribution in [-0.4, -0.2) is 18.1 Å². The predicted octanol–water partition coefficient (Wildman–Crippen LogP) is 2.80. The van der Waals surface area contributed by atoms with Crippen LogP contribution in [0.2, 0.25) is 0 Å². The summed E-state index contributed by atoms with van der Waals surface area (Å²) in [6.07, 6.45) is 0.810. The zero-order valence-electron chi connectivity index (χ0n) is 12.0. The average Bonchev–Trinajstić information content (AvgIpc) is 2.49. The number of nitrogen functional groups attached to an aromatic ring is 1. The zero-order valence-corrected chi connectivity index (χ0v) is 12.0. The van der Waals surface area contributed by atoms with Gasteiger partial charge in [-0.3, -0.25) is 4.79 Å². The van der Waals surface area contributed by atoms with Crippen LogP contribution < -0.4 is 15.8 Å². The van der Waals surface area contributed by atoms with Gasteiger partial charge in [-0.05, 0) is 42.3 Å². The molecule has 110 valence electrons. The highest BCUT2D eigenvalue weighted by molar-refractivity contribution is 6.08. The van der Waals surface area contributed by atoms with Crippen LogP contribution in [0.25, 0.3) is 0 Å². The molecule has 0 aliphatic rings. The molecule has 2 rings (SSSR count). The third-order valence-electron chi connectivity index (χ3n) is 3.22. The summed E-state index contributed by atoms with van der Waals surface area (Å²) in [4.78, 5) is 12.3. The third kappa shape index (κ3) is 3.25. The second-order valence-electron chi connectivity index (χ2n) is 4.61. The number of nitrogens with one attached hydrogen (secondary N) is 1. The number of anilines is 2. The topological polar surface area (TPSA) is 84.6 Å². The average molecular weight is 286 g/mol. The quantitative estimate of drug-likeness (QED) is 0.596. The number of aromatic hydroxyl groups is 1. The lowest BCUT2D eigenvalue weighted by atomic mass is 10.1. The zero-order chi connectivity index (χ0) is 15.4. The summed E-state index contributed by atoms with van der Waals surface area (Å²) < 4.78 is 5.09. The fourth-order valence-electron chi connectivity index (χ4n) is 1.95. The van der Waals surface area contributed by atoms with E-state index in [4.69, 9.17) is 10.5 Å². The van der Waals surface area contributed by atoms with Crippen molar-refractivity contribution in [2.75, 3.05) is 18.2 Å². The minimum atomic E-state index is -0.394. The van der Waals surface area contributed by atoms with E-state index in [0.717, 1.165) is 12.0 Å². The molecule has 2 aromatic rings. The minimum Gasteiger partial charge on any atom is -0.506 e. The van der Waals surface area contributed by atoms with Crippen molar-refractivity contribution in [2.24, 2.45) is 0 Å². The number of amides is 1. The van der Waals surface area contributed by atoms with Crippen LogP contribution in [0.3, 0.4) is 0 Å². The Hall–Kier alpha value is -2.69. The van der Waals surface area contributed by atoms with Gasteiger partial charge in [-0.15, -0.1) is 0 Å². The molecule has 0 fully saturated rings. The maximum absolute atomic E-state index is 12.3. The van der Waals surface area contributed by atoms with E-state index < -0.39 is 5.91 Å². The first-order chi connectivity index (χ1) is 10.0. The summed E-state index contributed by atoms with van der Waals surface area (Å²) in [7, 11) is 1.52. The van der Waals surface area contributed by atoms with E-state index in [0.29, 0.717) is 22.7 Å². The maximum Gasteiger partial charge on any atom is 0.257 e. The van der Waals surface area contributed by atoms with Gasteiger partial charge in [0.2, 0.25) is 0 Å². The highest BCUT2D eigenvalue weighted by Crippen LogP contribution is 2.26. The molecule has 21 heavy (non-hydrogen) atoms. The number of methoxy groups -OCH3 is 1. The Morgan fingerprint density at radius 2 is 2.05 bits per heavy atom. The van der Waals surface area contributed by atoms with E-state index in [9.17, 15) is 9.90 Å². The molecule has 0 unspecified atom stereocenters. The highest BCUT2D eigenvalue weighted by atomic mass is 16.5. The monoisotopic (exact) mass is 286 g/mol. The Balaban J connectivity index is 2.29. The van der Waals surface area contributed by atoms with Gasteiger partial charge < -0.3 is 20.9 Å². The predicted molar refractivity (Wildman–Crippen MR) is 82.8 cm³/mol. The van der Waals surface area contributed by atoms with Crippen molar-refractivity contribution >= 4 is 17.3 Å². The number of nitrogens with two attached hydrogens (primary N) is 1. The van der Waals surface area contributed by atoms with Gasteiger partial charge in [0.1, 0.15) is 11.5 Å². The summed E-state index contributed by atoms with van der Waals surface area (Å²) in [5.41, 5.74) is 7.84. The van der Waals surface area contributed by atoms with Gasteiger partial charge in [0.15, 0.2) is 0 Å². The fraction of sp³-hybridized carbons (Fsp3) is 0.188. The van der Waals surface area contributed by atoms with Crippen LogP contribution in [0, 0.1) is 0 Å². The fourth-order valence-corrected chi connectivity index (χ4v) is 1.95. The summed E-state index contributed by atoms with van der Waals surface area (Å²) in [5.74, 6) is 0.165. The molecule has 1 amide bonds. The Kier molecular flexibility index (Phi) is 4.33. The van der Waals surface area contributed by atoms with E-state index in [1.807, 2.05) is 13.0 Å². The van der Waals surface area contributed by atoms with Gasteiger partial charge in [-0.1, -0.05) is 13.0 Å². The Labute approximate surface area is 123 Å². The number of rotatable bonds is 4. The molecule has 0 heterocycles. The van der Waals surface area contributed by atoms with Crippen LogP contribution in [0.15, 0.2) is 36.4 Å². The van der Waals surface area contributed by atoms with Crippen LogP contribution in [0.5, 0.6) is 11.5 Å². The second kappa shape index (κ2) is 6.17. The molecule has 0 bridgehead atoms. The normalized spacial score (nSPS) is 10.2. The molecule has 0 saturated heterocycles. The number of ether oxygens (including phenoxy) is 1. The number of phenolic OH excluding ortho intramolecular Hbond substituents is 1. The molecule has 4 N–H and O–H groups in total. The molecule has 0 spiro atoms. The molecule has 0 aromatic heterocycles. The van der Waals surface area contributed by atoms with Crippen molar-refractivity contribution in [3.8, 4) is 11.5 Å². The molecular weight excluding hydrogens is 268 g/mol. The summed E-state index contributed by atoms with van der Waals surface area (Å²) in [5, 5.41) is 12.5. The van der Waals surface area contributed by atoms with Crippen LogP contribution >= 0.6 is 0 Å². The summed E-state index contributed by atoms with van der Waals surface area (Å²) >= 11 is 0. The van der Waals surface area contributed by atoms with Gasteiger partial charge in [0, 0.05) is 5.69 Å². The molecule has 0 atom stereocenters. The Morgan fingerprint density at radius 3 is 2.71 bits per heavy atom. The van der Waals surface area contributed by atoms with Crippen molar-refractivity contribution in [2.45, 2.75) is 13.3 Å².